The molecule has 0 fully saturated rings. The lowest BCUT2D eigenvalue weighted by molar-refractivity contribution is -0.137. The highest BCUT2D eigenvalue weighted by atomic mass is 32.2. The number of ether oxygens (including phenoxy) is 1. The van der Waals surface area contributed by atoms with Crippen LogP contribution in [-0.2, 0) is 27.4 Å². The minimum atomic E-state index is -4.70. The Morgan fingerprint density at radius 3 is 2.62 bits per heavy atom. The first-order chi connectivity index (χ1) is 18.5. The maximum Gasteiger partial charge on any atom is 0.416 e. The molecule has 204 valence electrons. The van der Waals surface area contributed by atoms with Crippen LogP contribution in [0.2, 0.25) is 0 Å². The van der Waals surface area contributed by atoms with Crippen molar-refractivity contribution in [2.45, 2.75) is 49.3 Å². The van der Waals surface area contributed by atoms with Gasteiger partial charge in [0.1, 0.15) is 11.9 Å². The Morgan fingerprint density at radius 1 is 1.05 bits per heavy atom. The van der Waals surface area contributed by atoms with E-state index in [1.165, 1.54) is 5.56 Å². The van der Waals surface area contributed by atoms with Gasteiger partial charge in [0, 0.05) is 6.42 Å². The van der Waals surface area contributed by atoms with Gasteiger partial charge in [0.25, 0.3) is 10.0 Å². The topological polar surface area (TPSA) is 89.7 Å². The predicted molar refractivity (Wildman–Crippen MR) is 143 cm³/mol. The van der Waals surface area contributed by atoms with Crippen LogP contribution in [0.15, 0.2) is 71.6 Å². The molecule has 5 rings (SSSR count). The fraction of sp³-hybridized carbons (Fsp3) is 0.276. The van der Waals surface area contributed by atoms with Gasteiger partial charge in [-0.1, -0.05) is 42.5 Å². The summed E-state index contributed by atoms with van der Waals surface area (Å²) in [6, 6.07) is 17.0. The molecule has 0 spiro atoms. The first-order valence-corrected chi connectivity index (χ1v) is 14.0. The van der Waals surface area contributed by atoms with E-state index in [9.17, 15) is 26.4 Å². The molecule has 1 amide bonds. The van der Waals surface area contributed by atoms with Crippen LogP contribution in [0.4, 0.5) is 18.9 Å². The molecule has 10 heteroatoms. The third-order valence-corrected chi connectivity index (χ3v) is 8.75. The van der Waals surface area contributed by atoms with Crippen LogP contribution >= 0.6 is 0 Å². The summed E-state index contributed by atoms with van der Waals surface area (Å²) >= 11 is 0. The average Bonchev–Trinajstić information content (AvgIpc) is 2.91. The van der Waals surface area contributed by atoms with E-state index in [2.05, 4.69) is 12.1 Å². The van der Waals surface area contributed by atoms with Gasteiger partial charge in [-0.15, -0.1) is 0 Å². The van der Waals surface area contributed by atoms with Crippen molar-refractivity contribution in [3.05, 3.63) is 89.0 Å². The van der Waals surface area contributed by atoms with Crippen molar-refractivity contribution in [2.75, 3.05) is 10.8 Å². The number of halogens is 3. The van der Waals surface area contributed by atoms with Gasteiger partial charge in [-0.2, -0.15) is 13.2 Å². The summed E-state index contributed by atoms with van der Waals surface area (Å²) in [5.74, 6) is -0.302. The molecule has 3 aromatic carbocycles. The van der Waals surface area contributed by atoms with Crippen LogP contribution in [0.1, 0.15) is 47.9 Å². The van der Waals surface area contributed by atoms with E-state index in [0.29, 0.717) is 6.07 Å². The van der Waals surface area contributed by atoms with Crippen LogP contribution in [0, 0.1) is 0 Å². The summed E-state index contributed by atoms with van der Waals surface area (Å²) in [6.45, 7) is -0.179. The van der Waals surface area contributed by atoms with Gasteiger partial charge in [-0.05, 0) is 78.3 Å². The normalized spacial score (nSPS) is 18.3. The second-order valence-electron chi connectivity index (χ2n) is 9.71. The molecule has 0 saturated heterocycles. The van der Waals surface area contributed by atoms with Crippen LogP contribution in [0.3, 0.4) is 0 Å². The largest absolute Gasteiger partial charge is 0.486 e. The van der Waals surface area contributed by atoms with Crippen molar-refractivity contribution in [2.24, 2.45) is 5.73 Å². The number of allylic oxidation sites excluding steroid dienone is 1. The number of rotatable bonds is 6. The van der Waals surface area contributed by atoms with Crippen molar-refractivity contribution in [1.82, 2.24) is 0 Å². The van der Waals surface area contributed by atoms with Gasteiger partial charge in [0.05, 0.1) is 22.7 Å². The number of carbonyl (C=O) groups is 1. The summed E-state index contributed by atoms with van der Waals surface area (Å²) in [7, 11) is -4.41. The first kappa shape index (κ1) is 26.8. The zero-order valence-corrected chi connectivity index (χ0v) is 21.8. The zero-order chi connectivity index (χ0) is 27.8. The Balaban J connectivity index is 1.57. The van der Waals surface area contributed by atoms with E-state index >= 15 is 0 Å². The molecule has 1 aliphatic carbocycles. The predicted octanol–water partition coefficient (Wildman–Crippen LogP) is 5.80. The van der Waals surface area contributed by atoms with Crippen molar-refractivity contribution in [3.63, 3.8) is 0 Å². The van der Waals surface area contributed by atoms with E-state index in [1.54, 1.807) is 12.1 Å². The highest BCUT2D eigenvalue weighted by molar-refractivity contribution is 7.92. The van der Waals surface area contributed by atoms with Gasteiger partial charge in [0.2, 0.25) is 5.91 Å². The molecular formula is C29H27F3N2O4S. The number of alkyl halides is 3. The van der Waals surface area contributed by atoms with Crippen LogP contribution in [0.25, 0.3) is 11.6 Å². The summed E-state index contributed by atoms with van der Waals surface area (Å²) < 4.78 is 74.8. The standard InChI is InChI=1S/C29H27F3N2O4S/c30-29(31,32)22-8-4-9-24(17-22)39(36,37)34-18-23(12-14-28(33)35)38-27-13-11-19(16-26(27)34)15-21-7-3-6-20-5-1-2-10-25(20)21/h1-2,4-5,8-11,13,15-17,23H,3,6-7,12,14,18H2,(H2,33,35)/b21-15+/t23-/m0/s1. The molecular weight excluding hydrogens is 529 g/mol. The molecule has 6 nitrogen and oxygen atoms in total. The maximum atomic E-state index is 13.8. The number of primary amides is 1. The molecule has 2 aliphatic rings. The van der Waals surface area contributed by atoms with E-state index in [4.69, 9.17) is 10.5 Å². The SMILES string of the molecule is NC(=O)CC[C@H]1CN(S(=O)(=O)c2cccc(C(F)(F)F)c2)c2cc(/C=C3\CCCc4ccccc43)ccc2O1. The highest BCUT2D eigenvalue weighted by Crippen LogP contribution is 2.41. The Labute approximate surface area is 224 Å². The fourth-order valence-electron chi connectivity index (χ4n) is 5.07. The number of nitrogens with zero attached hydrogens (tertiary/aromatic N) is 1. The second kappa shape index (κ2) is 10.4. The lowest BCUT2D eigenvalue weighted by Crippen LogP contribution is -2.44. The molecule has 0 radical (unpaired) electrons. The van der Waals surface area contributed by atoms with Crippen LogP contribution in [0.5, 0.6) is 5.75 Å². The van der Waals surface area contributed by atoms with Crippen LogP contribution < -0.4 is 14.8 Å². The Kier molecular flexibility index (Phi) is 7.15. The molecule has 0 saturated carbocycles. The molecule has 0 bridgehead atoms. The third kappa shape index (κ3) is 5.66. The Morgan fingerprint density at radius 2 is 1.85 bits per heavy atom. The second-order valence-corrected chi connectivity index (χ2v) is 11.6. The summed E-state index contributed by atoms with van der Waals surface area (Å²) in [5.41, 5.74) is 8.71. The first-order valence-electron chi connectivity index (χ1n) is 12.6. The van der Waals surface area contributed by atoms with Gasteiger partial charge in [-0.3, -0.25) is 9.10 Å². The lowest BCUT2D eigenvalue weighted by Gasteiger charge is -2.35. The minimum Gasteiger partial charge on any atom is -0.486 e. The number of carbonyl (C=O) groups excluding carboxylic acids is 1. The maximum absolute atomic E-state index is 13.8. The highest BCUT2D eigenvalue weighted by Gasteiger charge is 2.37. The van der Waals surface area contributed by atoms with E-state index in [1.807, 2.05) is 24.3 Å². The number of benzene rings is 3. The molecule has 3 aromatic rings. The average molecular weight is 557 g/mol. The van der Waals surface area contributed by atoms with E-state index in [-0.39, 0.29) is 30.8 Å². The minimum absolute atomic E-state index is 0.0267. The van der Waals surface area contributed by atoms with Crippen molar-refractivity contribution < 1.29 is 31.1 Å². The number of hydrogen-bond donors (Lipinski definition) is 1. The zero-order valence-electron chi connectivity index (χ0n) is 20.9. The number of hydrogen-bond acceptors (Lipinski definition) is 4. The van der Waals surface area contributed by atoms with E-state index < -0.39 is 38.7 Å². The Hall–Kier alpha value is -3.79. The van der Waals surface area contributed by atoms with Crippen molar-refractivity contribution in [3.8, 4) is 5.75 Å². The number of anilines is 1. The molecule has 1 heterocycles. The summed E-state index contributed by atoms with van der Waals surface area (Å²) in [4.78, 5) is 10.9. The summed E-state index contributed by atoms with van der Waals surface area (Å²) in [6.07, 6.45) is -0.421. The number of nitrogens with two attached hydrogens (primary N) is 1. The van der Waals surface area contributed by atoms with Gasteiger partial charge in [-0.25, -0.2) is 8.42 Å². The van der Waals surface area contributed by atoms with Gasteiger partial charge in [0.15, 0.2) is 0 Å². The molecule has 39 heavy (non-hydrogen) atoms. The Bertz CT molecular complexity index is 1550. The molecule has 1 atom stereocenters. The molecule has 2 N–H and O–H groups in total. The van der Waals surface area contributed by atoms with Crippen LogP contribution in [-0.4, -0.2) is 27.0 Å². The number of sulfonamides is 1. The monoisotopic (exact) mass is 556 g/mol. The van der Waals surface area contributed by atoms with Crippen molar-refractivity contribution in [1.29, 1.82) is 0 Å². The fourth-order valence-corrected chi connectivity index (χ4v) is 6.61. The summed E-state index contributed by atoms with van der Waals surface area (Å²) in [5, 5.41) is 0. The number of amides is 1. The molecule has 0 aromatic heterocycles. The van der Waals surface area contributed by atoms with Gasteiger partial charge >= 0.3 is 6.18 Å². The lowest BCUT2D eigenvalue weighted by atomic mass is 9.86. The van der Waals surface area contributed by atoms with Crippen molar-refractivity contribution >= 4 is 33.3 Å². The number of aryl methyl sites for hydroxylation is 1. The quantitative estimate of drug-likeness (QED) is 0.415. The molecule has 1 aliphatic heterocycles. The number of fused-ring (bicyclic) bond motifs is 2. The van der Waals surface area contributed by atoms with Gasteiger partial charge < -0.3 is 10.5 Å². The third-order valence-electron chi connectivity index (χ3n) is 6.97. The molecule has 0 unspecified atom stereocenters. The smallest absolute Gasteiger partial charge is 0.416 e. The van der Waals surface area contributed by atoms with E-state index in [0.717, 1.165) is 58.5 Å².